The highest BCUT2D eigenvalue weighted by Gasteiger charge is 2.12. The number of aryl methyl sites for hydroxylation is 1. The Kier molecular flexibility index (Phi) is 4.09. The van der Waals surface area contributed by atoms with Crippen LogP contribution in [0.1, 0.15) is 16.1 Å². The second-order valence-electron chi connectivity index (χ2n) is 3.97. The summed E-state index contributed by atoms with van der Waals surface area (Å²) in [4.78, 5) is 23.0. The minimum Gasteiger partial charge on any atom is -0.452 e. The number of hydrogen-bond acceptors (Lipinski definition) is 5. The van der Waals surface area contributed by atoms with Gasteiger partial charge in [-0.1, -0.05) is 11.2 Å². The van der Waals surface area contributed by atoms with Crippen molar-refractivity contribution in [3.8, 4) is 0 Å². The van der Waals surface area contributed by atoms with Crippen LogP contribution in [-0.2, 0) is 9.53 Å². The zero-order chi connectivity index (χ0) is 14.5. The Labute approximate surface area is 113 Å². The molecule has 0 aliphatic rings. The fourth-order valence-corrected chi connectivity index (χ4v) is 1.43. The first kappa shape index (κ1) is 13.7. The number of rotatable bonds is 4. The van der Waals surface area contributed by atoms with Crippen LogP contribution in [0.15, 0.2) is 34.9 Å². The van der Waals surface area contributed by atoms with Crippen LogP contribution in [0.4, 0.5) is 10.3 Å². The average Bonchev–Trinajstić information content (AvgIpc) is 2.81. The third-order valence-corrected chi connectivity index (χ3v) is 2.29. The molecule has 0 aliphatic heterocycles. The summed E-state index contributed by atoms with van der Waals surface area (Å²) in [5.41, 5.74) is 0.644. The molecular weight excluding hydrogens is 267 g/mol. The van der Waals surface area contributed by atoms with Gasteiger partial charge in [0.15, 0.2) is 6.61 Å². The molecule has 0 unspecified atom stereocenters. The minimum absolute atomic E-state index is 0.0355. The Hall–Kier alpha value is -2.70. The monoisotopic (exact) mass is 278 g/mol. The van der Waals surface area contributed by atoms with Crippen molar-refractivity contribution in [2.45, 2.75) is 6.92 Å². The zero-order valence-electron chi connectivity index (χ0n) is 10.6. The lowest BCUT2D eigenvalue weighted by atomic mass is 10.2. The first-order valence-electron chi connectivity index (χ1n) is 5.70. The van der Waals surface area contributed by atoms with E-state index >= 15 is 0 Å². The number of carbonyl (C=O) groups excluding carboxylic acids is 2. The van der Waals surface area contributed by atoms with Crippen LogP contribution in [0, 0.1) is 12.7 Å². The second kappa shape index (κ2) is 5.96. The third kappa shape index (κ3) is 3.64. The molecule has 7 heteroatoms. The van der Waals surface area contributed by atoms with Crippen molar-refractivity contribution < 1.29 is 23.2 Å². The molecule has 0 radical (unpaired) electrons. The molecule has 1 aromatic carbocycles. The minimum atomic E-state index is -0.784. The number of aromatic nitrogens is 1. The zero-order valence-corrected chi connectivity index (χ0v) is 10.6. The van der Waals surface area contributed by atoms with Crippen molar-refractivity contribution in [1.29, 1.82) is 0 Å². The lowest BCUT2D eigenvalue weighted by Gasteiger charge is -2.04. The van der Waals surface area contributed by atoms with E-state index in [0.29, 0.717) is 5.69 Å². The van der Waals surface area contributed by atoms with Crippen LogP contribution in [0.5, 0.6) is 0 Å². The summed E-state index contributed by atoms with van der Waals surface area (Å²) in [6.07, 6.45) is 0. The molecule has 1 heterocycles. The van der Waals surface area contributed by atoms with Gasteiger partial charge in [0.2, 0.25) is 5.88 Å². The number of carbonyl (C=O) groups is 2. The van der Waals surface area contributed by atoms with Crippen molar-refractivity contribution in [3.63, 3.8) is 0 Å². The Morgan fingerprint density at radius 3 is 2.85 bits per heavy atom. The van der Waals surface area contributed by atoms with E-state index in [1.54, 1.807) is 6.92 Å². The first-order valence-corrected chi connectivity index (χ1v) is 5.70. The maximum Gasteiger partial charge on any atom is 0.338 e. The number of benzene rings is 1. The van der Waals surface area contributed by atoms with Crippen molar-refractivity contribution in [2.75, 3.05) is 11.9 Å². The molecule has 20 heavy (non-hydrogen) atoms. The van der Waals surface area contributed by atoms with Gasteiger partial charge >= 0.3 is 5.97 Å². The van der Waals surface area contributed by atoms with Gasteiger partial charge in [0.25, 0.3) is 5.91 Å². The van der Waals surface area contributed by atoms with E-state index < -0.39 is 24.3 Å². The molecule has 2 aromatic rings. The van der Waals surface area contributed by atoms with Crippen molar-refractivity contribution in [1.82, 2.24) is 5.16 Å². The van der Waals surface area contributed by atoms with Gasteiger partial charge in [-0.3, -0.25) is 10.1 Å². The summed E-state index contributed by atoms with van der Waals surface area (Å²) in [5, 5.41) is 5.94. The average molecular weight is 278 g/mol. The molecule has 0 atom stereocenters. The topological polar surface area (TPSA) is 81.4 Å². The smallest absolute Gasteiger partial charge is 0.338 e. The van der Waals surface area contributed by atoms with Gasteiger partial charge in [0, 0.05) is 6.07 Å². The number of halogens is 1. The molecule has 0 fully saturated rings. The molecule has 2 rings (SSSR count). The van der Waals surface area contributed by atoms with E-state index in [9.17, 15) is 14.0 Å². The standard InChI is InChI=1S/C13H11FN2O4/c1-8-5-12(20-16-8)15-11(17)7-19-13(18)9-3-2-4-10(14)6-9/h2-6H,7H2,1H3,(H,15,17). The Morgan fingerprint density at radius 1 is 1.40 bits per heavy atom. The van der Waals surface area contributed by atoms with Crippen LogP contribution in [0.2, 0.25) is 0 Å². The van der Waals surface area contributed by atoms with Crippen molar-refractivity contribution in [2.24, 2.45) is 0 Å². The molecule has 1 N–H and O–H groups in total. The molecule has 104 valence electrons. The first-order chi connectivity index (χ1) is 9.54. The van der Waals surface area contributed by atoms with Crippen LogP contribution >= 0.6 is 0 Å². The predicted octanol–water partition coefficient (Wildman–Crippen LogP) is 1.92. The number of amides is 1. The molecule has 0 aliphatic carbocycles. The highest BCUT2D eigenvalue weighted by Crippen LogP contribution is 2.08. The molecule has 0 saturated carbocycles. The number of hydrogen-bond donors (Lipinski definition) is 1. The van der Waals surface area contributed by atoms with E-state index in [1.807, 2.05) is 0 Å². The molecule has 1 aromatic heterocycles. The van der Waals surface area contributed by atoms with E-state index in [0.717, 1.165) is 6.07 Å². The molecule has 0 spiro atoms. The van der Waals surface area contributed by atoms with Crippen molar-refractivity contribution in [3.05, 3.63) is 47.4 Å². The maximum absolute atomic E-state index is 12.9. The predicted molar refractivity (Wildman–Crippen MR) is 66.6 cm³/mol. The number of anilines is 1. The third-order valence-electron chi connectivity index (χ3n) is 2.29. The molecular formula is C13H11FN2O4. The normalized spacial score (nSPS) is 10.1. The van der Waals surface area contributed by atoms with Gasteiger partial charge in [0.05, 0.1) is 11.3 Å². The Balaban J connectivity index is 1.85. The Bertz CT molecular complexity index is 639. The fraction of sp³-hybridized carbons (Fsp3) is 0.154. The molecule has 1 amide bonds. The van der Waals surface area contributed by atoms with Crippen LogP contribution < -0.4 is 5.32 Å². The second-order valence-corrected chi connectivity index (χ2v) is 3.97. The van der Waals surface area contributed by atoms with E-state index in [4.69, 9.17) is 9.26 Å². The van der Waals surface area contributed by atoms with Gasteiger partial charge in [0.1, 0.15) is 5.82 Å². The number of esters is 1. The van der Waals surface area contributed by atoms with E-state index in [1.165, 1.54) is 24.3 Å². The van der Waals surface area contributed by atoms with E-state index in [-0.39, 0.29) is 11.4 Å². The maximum atomic E-state index is 12.9. The summed E-state index contributed by atoms with van der Waals surface area (Å²) in [5.74, 6) is -1.75. The lowest BCUT2D eigenvalue weighted by Crippen LogP contribution is -2.20. The lowest BCUT2D eigenvalue weighted by molar-refractivity contribution is -0.119. The summed E-state index contributed by atoms with van der Waals surface area (Å²) < 4.78 is 22.4. The largest absolute Gasteiger partial charge is 0.452 e. The van der Waals surface area contributed by atoms with Crippen LogP contribution in [-0.4, -0.2) is 23.6 Å². The summed E-state index contributed by atoms with van der Waals surface area (Å²) in [6, 6.07) is 6.52. The summed E-state index contributed by atoms with van der Waals surface area (Å²) >= 11 is 0. The van der Waals surface area contributed by atoms with Crippen molar-refractivity contribution >= 4 is 17.8 Å². The summed E-state index contributed by atoms with van der Waals surface area (Å²) in [6.45, 7) is 1.19. The van der Waals surface area contributed by atoms with E-state index in [2.05, 4.69) is 10.5 Å². The van der Waals surface area contributed by atoms with Gasteiger partial charge in [-0.2, -0.15) is 0 Å². The summed E-state index contributed by atoms with van der Waals surface area (Å²) in [7, 11) is 0. The van der Waals surface area contributed by atoms with Gasteiger partial charge in [-0.05, 0) is 25.1 Å². The number of nitrogens with zero attached hydrogens (tertiary/aromatic N) is 1. The van der Waals surface area contributed by atoms with Gasteiger partial charge < -0.3 is 9.26 Å². The molecule has 6 nitrogen and oxygen atoms in total. The number of nitrogens with one attached hydrogen (secondary N) is 1. The van der Waals surface area contributed by atoms with Crippen LogP contribution in [0.25, 0.3) is 0 Å². The van der Waals surface area contributed by atoms with Gasteiger partial charge in [-0.15, -0.1) is 0 Å². The fourth-order valence-electron chi connectivity index (χ4n) is 1.43. The van der Waals surface area contributed by atoms with Crippen LogP contribution in [0.3, 0.4) is 0 Å². The highest BCUT2D eigenvalue weighted by molar-refractivity contribution is 5.94. The SMILES string of the molecule is Cc1cc(NC(=O)COC(=O)c2cccc(F)c2)on1. The Morgan fingerprint density at radius 2 is 2.20 bits per heavy atom. The molecule has 0 saturated heterocycles. The molecule has 0 bridgehead atoms. The highest BCUT2D eigenvalue weighted by atomic mass is 19.1. The van der Waals surface area contributed by atoms with Gasteiger partial charge in [-0.25, -0.2) is 9.18 Å². The quantitative estimate of drug-likeness (QED) is 0.864. The number of ether oxygens (including phenoxy) is 1.